The van der Waals surface area contributed by atoms with Crippen LogP contribution in [0.4, 0.5) is 5.69 Å². The summed E-state index contributed by atoms with van der Waals surface area (Å²) >= 11 is 9.71. The Morgan fingerprint density at radius 2 is 2.12 bits per heavy atom. The van der Waals surface area contributed by atoms with Crippen molar-refractivity contribution >= 4 is 54.0 Å². The lowest BCUT2D eigenvalue weighted by molar-refractivity contribution is 0.342. The van der Waals surface area contributed by atoms with Crippen LogP contribution in [0.5, 0.6) is 0 Å². The van der Waals surface area contributed by atoms with Gasteiger partial charge in [0.25, 0.3) is 0 Å². The fourth-order valence-corrected chi connectivity index (χ4v) is 5.67. The van der Waals surface area contributed by atoms with Crippen LogP contribution in [0.25, 0.3) is 10.9 Å². The summed E-state index contributed by atoms with van der Waals surface area (Å²) in [7, 11) is -2.98. The number of benzene rings is 1. The third-order valence-corrected chi connectivity index (χ3v) is 6.69. The Balaban J connectivity index is 2.06. The van der Waals surface area contributed by atoms with Gasteiger partial charge in [-0.1, -0.05) is 29.8 Å². The Kier molecular flexibility index (Phi) is 5.03. The smallest absolute Gasteiger partial charge is 0.222 e. The first-order valence-electron chi connectivity index (χ1n) is 8.17. The molecule has 2 atom stereocenters. The van der Waals surface area contributed by atoms with Gasteiger partial charge in [-0.2, -0.15) is 0 Å². The Bertz CT molecular complexity index is 933. The van der Waals surface area contributed by atoms with E-state index in [2.05, 4.69) is 57.6 Å². The van der Waals surface area contributed by atoms with Crippen LogP contribution in [-0.4, -0.2) is 43.0 Å². The van der Waals surface area contributed by atoms with Crippen molar-refractivity contribution in [2.24, 2.45) is 5.92 Å². The van der Waals surface area contributed by atoms with E-state index in [-0.39, 0.29) is 28.9 Å². The summed E-state index contributed by atoms with van der Waals surface area (Å²) in [4.78, 5) is 10.8. The first-order chi connectivity index (χ1) is 11.6. The van der Waals surface area contributed by atoms with Gasteiger partial charge in [-0.15, -0.1) is 0 Å². The van der Waals surface area contributed by atoms with Crippen molar-refractivity contribution in [1.82, 2.24) is 9.97 Å². The number of rotatable bonds is 4. The minimum atomic E-state index is -2.98. The summed E-state index contributed by atoms with van der Waals surface area (Å²) in [5.41, 5.74) is 2.96. The lowest BCUT2D eigenvalue weighted by Crippen LogP contribution is -2.57. The van der Waals surface area contributed by atoms with E-state index in [4.69, 9.17) is 11.6 Å². The Labute approximate surface area is 161 Å². The van der Waals surface area contributed by atoms with Crippen LogP contribution in [0.3, 0.4) is 0 Å². The van der Waals surface area contributed by atoms with E-state index in [1.54, 1.807) is 6.20 Å². The van der Waals surface area contributed by atoms with Crippen molar-refractivity contribution in [2.45, 2.75) is 32.7 Å². The molecule has 1 fully saturated rings. The van der Waals surface area contributed by atoms with E-state index in [0.717, 1.165) is 26.6 Å². The summed E-state index contributed by atoms with van der Waals surface area (Å²) < 4.78 is 24.2. The molecule has 0 amide bonds. The third kappa shape index (κ3) is 3.64. The van der Waals surface area contributed by atoms with Gasteiger partial charge in [0.05, 0.1) is 11.3 Å². The molecule has 5 nitrogen and oxygen atoms in total. The van der Waals surface area contributed by atoms with Gasteiger partial charge in [0.15, 0.2) is 0 Å². The average molecular weight is 447 g/mol. The largest absolute Gasteiger partial charge is 0.367 e. The maximum absolute atomic E-state index is 11.6. The van der Waals surface area contributed by atoms with E-state index in [1.807, 2.05) is 0 Å². The summed E-state index contributed by atoms with van der Waals surface area (Å²) in [6.07, 6.45) is 3.05. The van der Waals surface area contributed by atoms with Crippen molar-refractivity contribution in [3.8, 4) is 0 Å². The average Bonchev–Trinajstić information content (AvgIpc) is 2.48. The number of hydrogen-bond donors (Lipinski definition) is 0. The summed E-state index contributed by atoms with van der Waals surface area (Å²) in [5, 5.41) is 1.17. The molecule has 1 aromatic heterocycles. The van der Waals surface area contributed by atoms with Crippen LogP contribution in [0.15, 0.2) is 16.7 Å². The van der Waals surface area contributed by atoms with Gasteiger partial charge in [0, 0.05) is 46.5 Å². The topological polar surface area (TPSA) is 63.2 Å². The molecule has 1 aliphatic heterocycles. The molecular weight excluding hydrogens is 426 g/mol. The molecule has 0 saturated carbocycles. The van der Waals surface area contributed by atoms with Crippen molar-refractivity contribution in [3.63, 3.8) is 0 Å². The lowest BCUT2D eigenvalue weighted by atomic mass is 9.89. The van der Waals surface area contributed by atoms with Crippen LogP contribution >= 0.6 is 27.5 Å². The van der Waals surface area contributed by atoms with Crippen LogP contribution in [0, 0.1) is 5.92 Å². The normalized spacial score (nSPS) is 21.0. The quantitative estimate of drug-likeness (QED) is 0.663. The second-order valence-electron chi connectivity index (χ2n) is 7.09. The van der Waals surface area contributed by atoms with Gasteiger partial charge < -0.3 is 4.90 Å². The standard InChI is InChI=1S/C17H21BrClN3O2S/c1-9(2)15-13(18)5-14(12-6-20-17(19)21-16(12)15)22-7-11(10(22)3)8-25(4,23)24/h5-6,9-11H,7-8H2,1-4H3/t10-,11-/m1/s1. The fraction of sp³-hybridized carbons (Fsp3) is 0.529. The molecule has 0 radical (unpaired) electrons. The third-order valence-electron chi connectivity index (χ3n) is 4.82. The van der Waals surface area contributed by atoms with Crippen molar-refractivity contribution in [2.75, 3.05) is 23.5 Å². The molecule has 1 aliphatic rings. The Hall–Kier alpha value is -0.920. The molecule has 0 unspecified atom stereocenters. The molecule has 0 bridgehead atoms. The van der Waals surface area contributed by atoms with Gasteiger partial charge in [-0.05, 0) is 36.1 Å². The molecule has 136 valence electrons. The molecule has 0 aliphatic carbocycles. The number of hydrogen-bond acceptors (Lipinski definition) is 5. The molecule has 25 heavy (non-hydrogen) atoms. The van der Waals surface area contributed by atoms with Crippen LogP contribution < -0.4 is 4.90 Å². The first kappa shape index (κ1) is 18.9. The molecule has 1 saturated heterocycles. The highest BCUT2D eigenvalue weighted by Gasteiger charge is 2.38. The first-order valence-corrected chi connectivity index (χ1v) is 11.4. The Morgan fingerprint density at radius 3 is 2.68 bits per heavy atom. The molecule has 1 aromatic carbocycles. The SMILES string of the molecule is CC(C)c1c(Br)cc(N2C[C@H](CS(C)(=O)=O)[C@H]2C)c2cnc(Cl)nc12. The lowest BCUT2D eigenvalue weighted by Gasteiger charge is -2.48. The van der Waals surface area contributed by atoms with Crippen molar-refractivity contribution in [1.29, 1.82) is 0 Å². The van der Waals surface area contributed by atoms with E-state index in [9.17, 15) is 8.42 Å². The predicted molar refractivity (Wildman–Crippen MR) is 106 cm³/mol. The molecule has 2 heterocycles. The second kappa shape index (κ2) is 6.67. The summed E-state index contributed by atoms with van der Waals surface area (Å²) in [6, 6.07) is 2.23. The highest BCUT2D eigenvalue weighted by atomic mass is 79.9. The highest BCUT2D eigenvalue weighted by molar-refractivity contribution is 9.10. The summed E-state index contributed by atoms with van der Waals surface area (Å²) in [6.45, 7) is 7.00. The van der Waals surface area contributed by atoms with Crippen LogP contribution in [0.1, 0.15) is 32.3 Å². The van der Waals surface area contributed by atoms with Gasteiger partial charge in [0.2, 0.25) is 5.28 Å². The zero-order valence-corrected chi connectivity index (χ0v) is 17.8. The summed E-state index contributed by atoms with van der Waals surface area (Å²) in [5.74, 6) is 0.640. The molecular formula is C17H21BrClN3O2S. The van der Waals surface area contributed by atoms with Gasteiger partial charge >= 0.3 is 0 Å². The number of nitrogens with zero attached hydrogens (tertiary/aromatic N) is 3. The zero-order chi connectivity index (χ0) is 18.5. The molecule has 0 spiro atoms. The number of anilines is 1. The minimum absolute atomic E-state index is 0.141. The van der Waals surface area contributed by atoms with Crippen LogP contribution in [0.2, 0.25) is 5.28 Å². The van der Waals surface area contributed by atoms with Gasteiger partial charge in [-0.25, -0.2) is 18.4 Å². The van der Waals surface area contributed by atoms with Crippen LogP contribution in [-0.2, 0) is 9.84 Å². The number of aromatic nitrogens is 2. The maximum Gasteiger partial charge on any atom is 0.222 e. The predicted octanol–water partition coefficient (Wildman–Crippen LogP) is 4.04. The van der Waals surface area contributed by atoms with Crippen molar-refractivity contribution in [3.05, 3.63) is 27.6 Å². The molecule has 2 aromatic rings. The van der Waals surface area contributed by atoms with E-state index >= 15 is 0 Å². The van der Waals surface area contributed by atoms with Crippen molar-refractivity contribution < 1.29 is 8.42 Å². The van der Waals surface area contributed by atoms with E-state index < -0.39 is 9.84 Å². The zero-order valence-electron chi connectivity index (χ0n) is 14.6. The molecule has 0 N–H and O–H groups in total. The van der Waals surface area contributed by atoms with E-state index in [1.165, 1.54) is 6.26 Å². The number of fused-ring (bicyclic) bond motifs is 1. The second-order valence-corrected chi connectivity index (χ2v) is 10.5. The minimum Gasteiger partial charge on any atom is -0.367 e. The van der Waals surface area contributed by atoms with Gasteiger partial charge in [0.1, 0.15) is 9.84 Å². The van der Waals surface area contributed by atoms with E-state index in [0.29, 0.717) is 6.54 Å². The molecule has 8 heteroatoms. The fourth-order valence-electron chi connectivity index (χ4n) is 3.52. The maximum atomic E-state index is 11.6. The number of sulfone groups is 1. The number of halogens is 2. The monoisotopic (exact) mass is 445 g/mol. The van der Waals surface area contributed by atoms with Gasteiger partial charge in [-0.3, -0.25) is 0 Å². The Morgan fingerprint density at radius 1 is 1.44 bits per heavy atom. The highest BCUT2D eigenvalue weighted by Crippen LogP contribution is 2.41. The molecule has 3 rings (SSSR count).